The highest BCUT2D eigenvalue weighted by Gasteiger charge is 1.99. The van der Waals surface area contributed by atoms with Crippen molar-refractivity contribution in [1.82, 2.24) is 0 Å². The second-order valence-corrected chi connectivity index (χ2v) is 4.16. The molecule has 0 aliphatic rings. The third kappa shape index (κ3) is 4.18. The predicted molar refractivity (Wildman–Crippen MR) is 56.8 cm³/mol. The molecule has 0 spiro atoms. The van der Waals surface area contributed by atoms with Crippen LogP contribution < -0.4 is 5.73 Å². The van der Waals surface area contributed by atoms with Gasteiger partial charge < -0.3 is 5.73 Å². The lowest BCUT2D eigenvalue weighted by Gasteiger charge is -2.02. The number of alkyl halides is 1. The Balaban J connectivity index is 2.37. The van der Waals surface area contributed by atoms with Gasteiger partial charge in [0.05, 0.1) is 6.17 Å². The third-order valence-corrected chi connectivity index (χ3v) is 2.67. The highest BCUT2D eigenvalue weighted by Crippen LogP contribution is 2.21. The van der Waals surface area contributed by atoms with Gasteiger partial charge in [0.2, 0.25) is 0 Å². The van der Waals surface area contributed by atoms with Crippen LogP contribution in [0.1, 0.15) is 13.3 Å². The van der Waals surface area contributed by atoms with Gasteiger partial charge in [-0.2, -0.15) is 0 Å². The van der Waals surface area contributed by atoms with E-state index in [4.69, 9.17) is 5.73 Å². The molecule has 0 bridgehead atoms. The molecule has 0 fully saturated rings. The highest BCUT2D eigenvalue weighted by molar-refractivity contribution is 7.99. The third-order valence-electron chi connectivity index (χ3n) is 1.64. The number of rotatable bonds is 4. The number of nitrogen functional groups attached to an aromatic ring is 1. The van der Waals surface area contributed by atoms with Gasteiger partial charge in [-0.05, 0) is 31.5 Å². The van der Waals surface area contributed by atoms with Gasteiger partial charge in [-0.1, -0.05) is 6.07 Å². The van der Waals surface area contributed by atoms with Crippen molar-refractivity contribution in [2.24, 2.45) is 0 Å². The standard InChI is InChI=1S/C10H14FNS/c1-8(11)5-6-13-10-4-2-3-9(12)7-10/h2-4,7-8H,5-6,12H2,1H3. The van der Waals surface area contributed by atoms with Crippen LogP contribution in [0.4, 0.5) is 10.1 Å². The first-order chi connectivity index (χ1) is 6.18. The molecule has 1 atom stereocenters. The first kappa shape index (κ1) is 10.4. The molecule has 2 N–H and O–H groups in total. The lowest BCUT2D eigenvalue weighted by atomic mass is 10.3. The van der Waals surface area contributed by atoms with E-state index in [1.165, 1.54) is 0 Å². The Morgan fingerprint density at radius 3 is 2.92 bits per heavy atom. The van der Waals surface area contributed by atoms with Gasteiger partial charge in [-0.25, -0.2) is 4.39 Å². The molecule has 0 saturated heterocycles. The lowest BCUT2D eigenvalue weighted by Crippen LogP contribution is -1.93. The van der Waals surface area contributed by atoms with Crippen LogP contribution in [-0.2, 0) is 0 Å². The second kappa shape index (κ2) is 5.12. The van der Waals surface area contributed by atoms with Crippen molar-refractivity contribution in [3.63, 3.8) is 0 Å². The zero-order valence-corrected chi connectivity index (χ0v) is 8.48. The number of benzene rings is 1. The van der Waals surface area contributed by atoms with Gasteiger partial charge >= 0.3 is 0 Å². The second-order valence-electron chi connectivity index (χ2n) is 2.99. The number of thioether (sulfide) groups is 1. The molecule has 0 aliphatic heterocycles. The first-order valence-corrected chi connectivity index (χ1v) is 5.29. The number of hydrogen-bond donors (Lipinski definition) is 1. The van der Waals surface area contributed by atoms with Gasteiger partial charge in [0.1, 0.15) is 0 Å². The predicted octanol–water partition coefficient (Wildman–Crippen LogP) is 3.11. The molecule has 1 aromatic carbocycles. The van der Waals surface area contributed by atoms with E-state index in [9.17, 15) is 4.39 Å². The van der Waals surface area contributed by atoms with Crippen LogP contribution in [0.5, 0.6) is 0 Å². The summed E-state index contributed by atoms with van der Waals surface area (Å²) < 4.78 is 12.4. The number of anilines is 1. The average molecular weight is 199 g/mol. The fourth-order valence-corrected chi connectivity index (χ4v) is 2.02. The Labute approximate surface area is 82.5 Å². The Morgan fingerprint density at radius 2 is 2.31 bits per heavy atom. The van der Waals surface area contributed by atoms with Gasteiger partial charge in [0.15, 0.2) is 0 Å². The van der Waals surface area contributed by atoms with Crippen LogP contribution in [0.3, 0.4) is 0 Å². The molecule has 0 heterocycles. The molecule has 0 aliphatic carbocycles. The summed E-state index contributed by atoms with van der Waals surface area (Å²) >= 11 is 1.64. The molecule has 0 aromatic heterocycles. The minimum Gasteiger partial charge on any atom is -0.399 e. The molecule has 1 unspecified atom stereocenters. The van der Waals surface area contributed by atoms with E-state index in [1.54, 1.807) is 18.7 Å². The van der Waals surface area contributed by atoms with Crippen molar-refractivity contribution >= 4 is 17.4 Å². The molecule has 0 radical (unpaired) electrons. The van der Waals surface area contributed by atoms with Crippen molar-refractivity contribution in [1.29, 1.82) is 0 Å². The van der Waals surface area contributed by atoms with Crippen LogP contribution in [0.25, 0.3) is 0 Å². The zero-order chi connectivity index (χ0) is 9.68. The van der Waals surface area contributed by atoms with Crippen molar-refractivity contribution in [2.75, 3.05) is 11.5 Å². The molecular formula is C10H14FNS. The van der Waals surface area contributed by atoms with Crippen molar-refractivity contribution in [3.8, 4) is 0 Å². The summed E-state index contributed by atoms with van der Waals surface area (Å²) in [6.45, 7) is 1.58. The maximum Gasteiger partial charge on any atom is 0.0981 e. The van der Waals surface area contributed by atoms with Gasteiger partial charge in [0.25, 0.3) is 0 Å². The maximum atomic E-state index is 12.4. The van der Waals surface area contributed by atoms with E-state index in [1.807, 2.05) is 24.3 Å². The first-order valence-electron chi connectivity index (χ1n) is 4.31. The van der Waals surface area contributed by atoms with Crippen molar-refractivity contribution in [3.05, 3.63) is 24.3 Å². The zero-order valence-electron chi connectivity index (χ0n) is 7.66. The van der Waals surface area contributed by atoms with Gasteiger partial charge in [-0.15, -0.1) is 11.8 Å². The monoisotopic (exact) mass is 199 g/mol. The molecule has 0 amide bonds. The van der Waals surface area contributed by atoms with Crippen molar-refractivity contribution < 1.29 is 4.39 Å². The summed E-state index contributed by atoms with van der Waals surface area (Å²) in [5.41, 5.74) is 6.37. The Hall–Kier alpha value is -0.700. The molecule has 1 aromatic rings. The fraction of sp³-hybridized carbons (Fsp3) is 0.400. The van der Waals surface area contributed by atoms with Crippen LogP contribution in [0.15, 0.2) is 29.2 Å². The highest BCUT2D eigenvalue weighted by atomic mass is 32.2. The quantitative estimate of drug-likeness (QED) is 0.595. The SMILES string of the molecule is CC(F)CCSc1cccc(N)c1. The number of nitrogens with two attached hydrogens (primary N) is 1. The minimum atomic E-state index is -0.714. The minimum absolute atomic E-state index is 0.597. The lowest BCUT2D eigenvalue weighted by molar-refractivity contribution is 0.355. The summed E-state index contributed by atoms with van der Waals surface area (Å²) in [7, 11) is 0. The van der Waals surface area contributed by atoms with Crippen molar-refractivity contribution in [2.45, 2.75) is 24.4 Å². The van der Waals surface area contributed by atoms with E-state index in [0.29, 0.717) is 6.42 Å². The van der Waals surface area contributed by atoms with Gasteiger partial charge in [0, 0.05) is 16.3 Å². The Bertz CT molecular complexity index is 263. The number of hydrogen-bond acceptors (Lipinski definition) is 2. The summed E-state index contributed by atoms with van der Waals surface area (Å²) in [5, 5.41) is 0. The largest absolute Gasteiger partial charge is 0.399 e. The van der Waals surface area contributed by atoms with E-state index in [-0.39, 0.29) is 0 Å². The van der Waals surface area contributed by atoms with Crippen LogP contribution in [0.2, 0.25) is 0 Å². The Morgan fingerprint density at radius 1 is 1.54 bits per heavy atom. The van der Waals surface area contributed by atoms with Gasteiger partial charge in [-0.3, -0.25) is 0 Å². The van der Waals surface area contributed by atoms with E-state index < -0.39 is 6.17 Å². The smallest absolute Gasteiger partial charge is 0.0981 e. The maximum absolute atomic E-state index is 12.4. The van der Waals surface area contributed by atoms with E-state index >= 15 is 0 Å². The molecule has 3 heteroatoms. The molecular weight excluding hydrogens is 185 g/mol. The van der Waals surface area contributed by atoms with Crippen LogP contribution in [-0.4, -0.2) is 11.9 Å². The number of halogens is 1. The molecule has 1 rings (SSSR count). The topological polar surface area (TPSA) is 26.0 Å². The summed E-state index contributed by atoms with van der Waals surface area (Å²) in [5.74, 6) is 0.807. The molecule has 72 valence electrons. The summed E-state index contributed by atoms with van der Waals surface area (Å²) in [4.78, 5) is 1.11. The van der Waals surface area contributed by atoms with Crippen LogP contribution in [0, 0.1) is 0 Å². The van der Waals surface area contributed by atoms with Crippen LogP contribution >= 0.6 is 11.8 Å². The fourth-order valence-electron chi connectivity index (χ4n) is 0.944. The molecule has 0 saturated carbocycles. The molecule has 1 nitrogen and oxygen atoms in total. The average Bonchev–Trinajstić information content (AvgIpc) is 2.03. The normalized spacial score (nSPS) is 12.8. The summed E-state index contributed by atoms with van der Waals surface area (Å²) in [6, 6.07) is 7.66. The summed E-state index contributed by atoms with van der Waals surface area (Å²) in [6.07, 6.45) is -0.118. The Kier molecular flexibility index (Phi) is 4.09. The molecule has 13 heavy (non-hydrogen) atoms. The van der Waals surface area contributed by atoms with E-state index in [2.05, 4.69) is 0 Å². The van der Waals surface area contributed by atoms with E-state index in [0.717, 1.165) is 16.3 Å².